The van der Waals surface area contributed by atoms with Gasteiger partial charge in [-0.3, -0.25) is 4.79 Å². The van der Waals surface area contributed by atoms with E-state index in [0.717, 1.165) is 10.2 Å². The molecular formula is C15H13BrFNO2. The maximum absolute atomic E-state index is 13.9. The predicted octanol–water partition coefficient (Wildman–Crippen LogP) is 4.35. The third-order valence-electron chi connectivity index (χ3n) is 2.78. The van der Waals surface area contributed by atoms with E-state index in [9.17, 15) is 9.18 Å². The highest BCUT2D eigenvalue weighted by Gasteiger charge is 2.05. The molecule has 0 bridgehead atoms. The zero-order chi connectivity index (χ0) is 14.5. The van der Waals surface area contributed by atoms with Crippen molar-refractivity contribution in [2.24, 2.45) is 0 Å². The van der Waals surface area contributed by atoms with Crippen LogP contribution in [-0.4, -0.2) is 11.1 Å². The second-order valence-corrected chi connectivity index (χ2v) is 5.26. The summed E-state index contributed by atoms with van der Waals surface area (Å²) in [5, 5.41) is 11.6. The number of hydrogen-bond acceptors (Lipinski definition) is 2. The molecule has 20 heavy (non-hydrogen) atoms. The summed E-state index contributed by atoms with van der Waals surface area (Å²) in [4.78, 5) is 10.5. The molecule has 2 N–H and O–H groups in total. The molecule has 0 radical (unpaired) electrons. The molecule has 0 fully saturated rings. The molecule has 0 aromatic heterocycles. The second kappa shape index (κ2) is 6.52. The van der Waals surface area contributed by atoms with Crippen molar-refractivity contribution < 1.29 is 14.3 Å². The minimum atomic E-state index is -0.887. The molecule has 0 saturated carbocycles. The Kier molecular flexibility index (Phi) is 4.74. The van der Waals surface area contributed by atoms with Crippen LogP contribution < -0.4 is 5.32 Å². The number of nitrogens with one attached hydrogen (secondary N) is 1. The van der Waals surface area contributed by atoms with Gasteiger partial charge in [0.1, 0.15) is 5.82 Å². The molecule has 0 atom stereocenters. The largest absolute Gasteiger partial charge is 0.481 e. The lowest BCUT2D eigenvalue weighted by Crippen LogP contribution is -1.99. The smallest absolute Gasteiger partial charge is 0.303 e. The number of anilines is 2. The Morgan fingerprint density at radius 3 is 2.50 bits per heavy atom. The first-order valence-electron chi connectivity index (χ1n) is 6.07. The molecule has 0 aliphatic heterocycles. The average Bonchev–Trinajstić information content (AvgIpc) is 2.41. The van der Waals surface area contributed by atoms with E-state index in [-0.39, 0.29) is 6.42 Å². The minimum absolute atomic E-state index is 0.00106. The maximum atomic E-state index is 13.9. The van der Waals surface area contributed by atoms with Gasteiger partial charge in [-0.1, -0.05) is 22.0 Å². The highest BCUT2D eigenvalue weighted by atomic mass is 79.9. The van der Waals surface area contributed by atoms with Crippen LogP contribution >= 0.6 is 15.9 Å². The van der Waals surface area contributed by atoms with E-state index in [1.807, 2.05) is 24.3 Å². The number of benzene rings is 2. The molecule has 2 rings (SSSR count). The number of carbonyl (C=O) groups is 1. The lowest BCUT2D eigenvalue weighted by atomic mass is 10.1. The van der Waals surface area contributed by atoms with Crippen LogP contribution in [0.2, 0.25) is 0 Å². The topological polar surface area (TPSA) is 49.3 Å². The van der Waals surface area contributed by atoms with E-state index in [4.69, 9.17) is 5.11 Å². The lowest BCUT2D eigenvalue weighted by molar-refractivity contribution is -0.136. The third-order valence-corrected chi connectivity index (χ3v) is 3.31. The van der Waals surface area contributed by atoms with Gasteiger partial charge in [-0.15, -0.1) is 0 Å². The third kappa shape index (κ3) is 4.06. The van der Waals surface area contributed by atoms with Gasteiger partial charge >= 0.3 is 5.97 Å². The Labute approximate surface area is 124 Å². The molecule has 104 valence electrons. The fourth-order valence-electron chi connectivity index (χ4n) is 1.76. The van der Waals surface area contributed by atoms with E-state index in [2.05, 4.69) is 21.2 Å². The van der Waals surface area contributed by atoms with E-state index < -0.39 is 11.8 Å². The zero-order valence-electron chi connectivity index (χ0n) is 10.6. The number of carboxylic acids is 1. The first-order valence-corrected chi connectivity index (χ1v) is 6.87. The quantitative estimate of drug-likeness (QED) is 0.852. The normalized spacial score (nSPS) is 10.3. The van der Waals surface area contributed by atoms with Crippen molar-refractivity contribution in [3.05, 3.63) is 58.3 Å². The van der Waals surface area contributed by atoms with Gasteiger partial charge in [0, 0.05) is 16.6 Å². The van der Waals surface area contributed by atoms with Crippen LogP contribution in [0.3, 0.4) is 0 Å². The van der Waals surface area contributed by atoms with Gasteiger partial charge in [0.25, 0.3) is 0 Å². The first-order chi connectivity index (χ1) is 9.54. The number of hydrogen-bond donors (Lipinski definition) is 2. The Morgan fingerprint density at radius 1 is 1.20 bits per heavy atom. The Bertz CT molecular complexity index is 614. The molecule has 2 aromatic rings. The lowest BCUT2D eigenvalue weighted by Gasteiger charge is -2.09. The number of carboxylic acid groups (broad SMARTS) is 1. The van der Waals surface area contributed by atoms with E-state index >= 15 is 0 Å². The molecular weight excluding hydrogens is 325 g/mol. The number of rotatable bonds is 5. The number of halogens is 2. The molecule has 0 saturated heterocycles. The van der Waals surface area contributed by atoms with Crippen molar-refractivity contribution in [2.75, 3.05) is 5.32 Å². The number of aryl methyl sites for hydroxylation is 1. The van der Waals surface area contributed by atoms with Gasteiger partial charge in [-0.2, -0.15) is 0 Å². The molecule has 0 amide bonds. The van der Waals surface area contributed by atoms with Crippen molar-refractivity contribution >= 4 is 33.3 Å². The Morgan fingerprint density at radius 2 is 1.90 bits per heavy atom. The van der Waals surface area contributed by atoms with Crippen molar-refractivity contribution in [3.63, 3.8) is 0 Å². The van der Waals surface area contributed by atoms with Crippen LogP contribution in [0.4, 0.5) is 15.8 Å². The fourth-order valence-corrected chi connectivity index (χ4v) is 2.02. The molecule has 0 unspecified atom stereocenters. The molecule has 0 aliphatic rings. The van der Waals surface area contributed by atoms with Gasteiger partial charge in [0.15, 0.2) is 0 Å². The van der Waals surface area contributed by atoms with Crippen molar-refractivity contribution in [3.8, 4) is 0 Å². The van der Waals surface area contributed by atoms with Crippen LogP contribution in [0.1, 0.15) is 12.0 Å². The van der Waals surface area contributed by atoms with E-state index in [1.54, 1.807) is 12.1 Å². The van der Waals surface area contributed by atoms with Gasteiger partial charge < -0.3 is 10.4 Å². The van der Waals surface area contributed by atoms with Gasteiger partial charge in [-0.25, -0.2) is 4.39 Å². The van der Waals surface area contributed by atoms with Crippen molar-refractivity contribution in [2.45, 2.75) is 12.8 Å². The molecule has 0 heterocycles. The van der Waals surface area contributed by atoms with E-state index in [1.165, 1.54) is 6.07 Å². The van der Waals surface area contributed by atoms with Gasteiger partial charge in [0.05, 0.1) is 5.69 Å². The average molecular weight is 338 g/mol. The highest BCUT2D eigenvalue weighted by Crippen LogP contribution is 2.22. The molecule has 3 nitrogen and oxygen atoms in total. The standard InChI is InChI=1S/C15H13BrFNO2/c16-11-3-5-12(6-4-11)18-14-7-1-10(9-13(14)17)2-8-15(19)20/h1,3-7,9,18H,2,8H2,(H,19,20). The highest BCUT2D eigenvalue weighted by molar-refractivity contribution is 9.10. The summed E-state index contributed by atoms with van der Waals surface area (Å²) in [5.74, 6) is -1.28. The summed E-state index contributed by atoms with van der Waals surface area (Å²) in [5.41, 5.74) is 1.82. The summed E-state index contributed by atoms with van der Waals surface area (Å²) in [6.45, 7) is 0. The second-order valence-electron chi connectivity index (χ2n) is 4.34. The molecule has 0 spiro atoms. The summed E-state index contributed by atoms with van der Waals surface area (Å²) in [7, 11) is 0. The van der Waals surface area contributed by atoms with Gasteiger partial charge in [0.2, 0.25) is 0 Å². The van der Waals surface area contributed by atoms with Gasteiger partial charge in [-0.05, 0) is 48.4 Å². The molecule has 5 heteroatoms. The summed E-state index contributed by atoms with van der Waals surface area (Å²) < 4.78 is 14.9. The van der Waals surface area contributed by atoms with Crippen LogP contribution in [0, 0.1) is 5.82 Å². The predicted molar refractivity (Wildman–Crippen MR) is 79.8 cm³/mol. The van der Waals surface area contributed by atoms with Crippen molar-refractivity contribution in [1.29, 1.82) is 0 Å². The monoisotopic (exact) mass is 337 g/mol. The van der Waals surface area contributed by atoms with Crippen LogP contribution in [0.25, 0.3) is 0 Å². The van der Waals surface area contributed by atoms with Crippen molar-refractivity contribution in [1.82, 2.24) is 0 Å². The number of aliphatic carboxylic acids is 1. The zero-order valence-corrected chi connectivity index (χ0v) is 12.2. The van der Waals surface area contributed by atoms with E-state index in [0.29, 0.717) is 17.7 Å². The maximum Gasteiger partial charge on any atom is 0.303 e. The fraction of sp³-hybridized carbons (Fsp3) is 0.133. The minimum Gasteiger partial charge on any atom is -0.481 e. The molecule has 0 aliphatic carbocycles. The first kappa shape index (κ1) is 14.5. The Hall–Kier alpha value is -1.88. The van der Waals surface area contributed by atoms with Crippen LogP contribution in [-0.2, 0) is 11.2 Å². The Balaban J connectivity index is 2.09. The SMILES string of the molecule is O=C(O)CCc1ccc(Nc2ccc(Br)cc2)c(F)c1. The summed E-state index contributed by atoms with van der Waals surface area (Å²) in [6.07, 6.45) is 0.323. The van der Waals surface area contributed by atoms with Crippen LogP contribution in [0.15, 0.2) is 46.9 Å². The summed E-state index contributed by atoms with van der Waals surface area (Å²) >= 11 is 3.33. The molecule has 2 aromatic carbocycles. The summed E-state index contributed by atoms with van der Waals surface area (Å²) in [6, 6.07) is 12.1. The van der Waals surface area contributed by atoms with Crippen LogP contribution in [0.5, 0.6) is 0 Å².